The number of hydrazine groups is 1. The van der Waals surface area contributed by atoms with Gasteiger partial charge in [-0.1, -0.05) is 12.1 Å². The summed E-state index contributed by atoms with van der Waals surface area (Å²) in [5.74, 6) is 0.723. The molecule has 1 aromatic carbocycles. The summed E-state index contributed by atoms with van der Waals surface area (Å²) < 4.78 is 5.00. The number of carbonyl (C=O) groups is 1. The summed E-state index contributed by atoms with van der Waals surface area (Å²) in [7, 11) is 0. The van der Waals surface area contributed by atoms with Crippen molar-refractivity contribution in [1.82, 2.24) is 19.9 Å². The molecule has 0 radical (unpaired) electrons. The molecule has 1 fully saturated rings. The molecule has 21 heavy (non-hydrogen) atoms. The number of amides is 1. The molecule has 112 valence electrons. The molecule has 2 N–H and O–H groups in total. The van der Waals surface area contributed by atoms with Crippen molar-refractivity contribution in [2.45, 2.75) is 6.92 Å². The highest BCUT2D eigenvalue weighted by molar-refractivity contribution is 5.77. The molecule has 2 aromatic rings. The quantitative estimate of drug-likeness (QED) is 0.899. The fourth-order valence-electron chi connectivity index (χ4n) is 2.37. The van der Waals surface area contributed by atoms with Crippen molar-refractivity contribution in [3.63, 3.8) is 0 Å². The molecule has 7 heteroatoms. The van der Waals surface area contributed by atoms with Gasteiger partial charge in [-0.2, -0.15) is 0 Å². The smallest absolute Gasteiger partial charge is 0.409 e. The van der Waals surface area contributed by atoms with E-state index in [1.54, 1.807) is 4.90 Å². The number of hydrogen-bond donors (Lipinski definition) is 2. The lowest BCUT2D eigenvalue weighted by Crippen LogP contribution is -2.50. The van der Waals surface area contributed by atoms with Crippen LogP contribution in [-0.4, -0.2) is 58.8 Å². The molecule has 0 saturated carbocycles. The monoisotopic (exact) mass is 289 g/mol. The van der Waals surface area contributed by atoms with Gasteiger partial charge in [0, 0.05) is 26.2 Å². The summed E-state index contributed by atoms with van der Waals surface area (Å²) in [5.41, 5.74) is 5.19. The van der Waals surface area contributed by atoms with Crippen molar-refractivity contribution < 1.29 is 9.53 Å². The first-order valence-electron chi connectivity index (χ1n) is 7.14. The second-order valence-corrected chi connectivity index (χ2v) is 4.89. The standard InChI is InChI=1S/C14H19N5O2/c1-2-21-14(20)18-7-9-19(10-8-18)17-13-15-11-5-3-4-6-12(11)16-13/h3-6H,2,7-10H2,1H3,(H2,15,16,17). The molecule has 0 spiro atoms. The summed E-state index contributed by atoms with van der Waals surface area (Å²) in [4.78, 5) is 21.1. The number of carbonyl (C=O) groups excluding carboxylic acids is 1. The van der Waals surface area contributed by atoms with Gasteiger partial charge in [-0.25, -0.2) is 14.8 Å². The van der Waals surface area contributed by atoms with E-state index < -0.39 is 0 Å². The number of nitrogens with zero attached hydrogens (tertiary/aromatic N) is 3. The van der Waals surface area contributed by atoms with Crippen LogP contribution in [0.4, 0.5) is 10.7 Å². The lowest BCUT2D eigenvalue weighted by Gasteiger charge is -2.33. The molecular weight excluding hydrogens is 270 g/mol. The number of anilines is 1. The highest BCUT2D eigenvalue weighted by atomic mass is 16.6. The molecule has 0 aliphatic carbocycles. The van der Waals surface area contributed by atoms with E-state index in [2.05, 4.69) is 15.4 Å². The fourth-order valence-corrected chi connectivity index (χ4v) is 2.37. The SMILES string of the molecule is CCOC(=O)N1CCN(Nc2nc3ccccc3[nH]2)CC1. The maximum absolute atomic E-state index is 11.6. The molecule has 1 saturated heterocycles. The summed E-state index contributed by atoms with van der Waals surface area (Å²) >= 11 is 0. The van der Waals surface area contributed by atoms with E-state index in [1.807, 2.05) is 36.2 Å². The maximum atomic E-state index is 11.6. The zero-order valence-electron chi connectivity index (χ0n) is 12.0. The van der Waals surface area contributed by atoms with Crippen molar-refractivity contribution in [2.24, 2.45) is 0 Å². The summed E-state index contributed by atoms with van der Waals surface area (Å²) in [6.45, 7) is 4.98. The van der Waals surface area contributed by atoms with E-state index >= 15 is 0 Å². The van der Waals surface area contributed by atoms with E-state index in [-0.39, 0.29) is 6.09 Å². The normalized spacial score (nSPS) is 16.1. The predicted octanol–water partition coefficient (Wildman–Crippen LogP) is 1.66. The van der Waals surface area contributed by atoms with Crippen molar-refractivity contribution in [3.8, 4) is 0 Å². The van der Waals surface area contributed by atoms with E-state index in [1.165, 1.54) is 0 Å². The Morgan fingerprint density at radius 3 is 2.81 bits per heavy atom. The third-order valence-corrected chi connectivity index (χ3v) is 3.46. The lowest BCUT2D eigenvalue weighted by atomic mass is 10.3. The van der Waals surface area contributed by atoms with Gasteiger partial charge < -0.3 is 14.6 Å². The number of aromatic amines is 1. The van der Waals surface area contributed by atoms with E-state index in [0.29, 0.717) is 19.7 Å². The van der Waals surface area contributed by atoms with Crippen LogP contribution in [0.1, 0.15) is 6.92 Å². The summed E-state index contributed by atoms with van der Waals surface area (Å²) in [6.07, 6.45) is -0.235. The number of nitrogens with one attached hydrogen (secondary N) is 2. The second-order valence-electron chi connectivity index (χ2n) is 4.89. The highest BCUT2D eigenvalue weighted by Gasteiger charge is 2.22. The zero-order valence-corrected chi connectivity index (χ0v) is 12.0. The van der Waals surface area contributed by atoms with E-state index in [9.17, 15) is 4.79 Å². The number of ether oxygens (including phenoxy) is 1. The third-order valence-electron chi connectivity index (χ3n) is 3.46. The molecule has 0 atom stereocenters. The first-order valence-corrected chi connectivity index (χ1v) is 7.14. The van der Waals surface area contributed by atoms with Gasteiger partial charge >= 0.3 is 6.09 Å². The van der Waals surface area contributed by atoms with Gasteiger partial charge in [0.15, 0.2) is 0 Å². The van der Waals surface area contributed by atoms with Gasteiger partial charge in [0.1, 0.15) is 0 Å². The lowest BCUT2D eigenvalue weighted by molar-refractivity contribution is 0.0851. The van der Waals surface area contributed by atoms with Gasteiger partial charge in [0.2, 0.25) is 5.95 Å². The first-order chi connectivity index (χ1) is 10.3. The molecular formula is C14H19N5O2. The third kappa shape index (κ3) is 3.08. The summed E-state index contributed by atoms with van der Waals surface area (Å²) in [6, 6.07) is 7.90. The van der Waals surface area contributed by atoms with Crippen LogP contribution in [0.25, 0.3) is 11.0 Å². The van der Waals surface area contributed by atoms with Crippen molar-refractivity contribution in [1.29, 1.82) is 0 Å². The number of H-pyrrole nitrogens is 1. The Balaban J connectivity index is 1.56. The number of fused-ring (bicyclic) bond motifs is 1. The number of benzene rings is 1. The van der Waals surface area contributed by atoms with Gasteiger partial charge in [0.25, 0.3) is 0 Å². The van der Waals surface area contributed by atoms with Crippen LogP contribution in [0.2, 0.25) is 0 Å². The Hall–Kier alpha value is -2.28. The first kappa shape index (κ1) is 13.7. The average molecular weight is 289 g/mol. The van der Waals surface area contributed by atoms with Crippen LogP contribution in [0.5, 0.6) is 0 Å². The maximum Gasteiger partial charge on any atom is 0.409 e. The van der Waals surface area contributed by atoms with Gasteiger partial charge in [-0.3, -0.25) is 5.43 Å². The average Bonchev–Trinajstić information content (AvgIpc) is 2.90. The molecule has 3 rings (SSSR count). The Morgan fingerprint density at radius 2 is 2.10 bits per heavy atom. The van der Waals surface area contributed by atoms with Crippen LogP contribution in [0.15, 0.2) is 24.3 Å². The number of aromatic nitrogens is 2. The minimum Gasteiger partial charge on any atom is -0.450 e. The Labute approximate surface area is 122 Å². The van der Waals surface area contributed by atoms with Crippen molar-refractivity contribution in [2.75, 3.05) is 38.2 Å². The molecule has 0 bridgehead atoms. The van der Waals surface area contributed by atoms with Crippen LogP contribution in [0, 0.1) is 0 Å². The van der Waals surface area contributed by atoms with Crippen molar-refractivity contribution >= 4 is 23.1 Å². The van der Waals surface area contributed by atoms with Crippen LogP contribution < -0.4 is 5.43 Å². The molecule has 1 aliphatic rings. The molecule has 1 aromatic heterocycles. The van der Waals surface area contributed by atoms with E-state index in [4.69, 9.17) is 4.74 Å². The number of para-hydroxylation sites is 2. The Morgan fingerprint density at radius 1 is 1.33 bits per heavy atom. The molecule has 0 unspecified atom stereocenters. The van der Waals surface area contributed by atoms with Crippen molar-refractivity contribution in [3.05, 3.63) is 24.3 Å². The Kier molecular flexibility index (Phi) is 3.92. The minimum atomic E-state index is -0.235. The second kappa shape index (κ2) is 6.01. The topological polar surface area (TPSA) is 73.5 Å². The number of hydrogen-bond acceptors (Lipinski definition) is 5. The van der Waals surface area contributed by atoms with E-state index in [0.717, 1.165) is 30.1 Å². The van der Waals surface area contributed by atoms with Crippen LogP contribution in [0.3, 0.4) is 0 Å². The predicted molar refractivity (Wildman–Crippen MR) is 79.9 cm³/mol. The van der Waals surface area contributed by atoms with Gasteiger partial charge in [0.05, 0.1) is 17.6 Å². The highest BCUT2D eigenvalue weighted by Crippen LogP contribution is 2.14. The number of imidazole rings is 1. The van der Waals surface area contributed by atoms with Crippen LogP contribution in [-0.2, 0) is 4.74 Å². The summed E-state index contributed by atoms with van der Waals surface area (Å²) in [5, 5.41) is 2.05. The minimum absolute atomic E-state index is 0.235. The number of rotatable bonds is 3. The largest absolute Gasteiger partial charge is 0.450 e. The zero-order chi connectivity index (χ0) is 14.7. The molecule has 1 amide bonds. The molecule has 7 nitrogen and oxygen atoms in total. The van der Waals surface area contributed by atoms with Gasteiger partial charge in [-0.05, 0) is 19.1 Å². The number of piperazine rings is 1. The van der Waals surface area contributed by atoms with Gasteiger partial charge in [-0.15, -0.1) is 0 Å². The van der Waals surface area contributed by atoms with Crippen LogP contribution >= 0.6 is 0 Å². The fraction of sp³-hybridized carbons (Fsp3) is 0.429. The molecule has 1 aliphatic heterocycles. The molecule has 2 heterocycles. The Bertz CT molecular complexity index is 586.